The third-order valence-corrected chi connectivity index (χ3v) is 4.89. The highest BCUT2D eigenvalue weighted by molar-refractivity contribution is 9.10. The summed E-state index contributed by atoms with van der Waals surface area (Å²) in [5.41, 5.74) is 0.536. The van der Waals surface area contributed by atoms with E-state index in [0.29, 0.717) is 21.5 Å². The number of urea groups is 1. The van der Waals surface area contributed by atoms with E-state index in [1.165, 1.54) is 24.3 Å². The molecule has 1 fully saturated rings. The van der Waals surface area contributed by atoms with Crippen LogP contribution in [0, 0.1) is 5.82 Å². The van der Waals surface area contributed by atoms with E-state index >= 15 is 0 Å². The molecule has 0 atom stereocenters. The van der Waals surface area contributed by atoms with Crippen LogP contribution in [0.15, 0.2) is 46.6 Å². The number of benzene rings is 2. The Morgan fingerprint density at radius 1 is 1.24 bits per heavy atom. The van der Waals surface area contributed by atoms with Crippen LogP contribution < -0.4 is 20.1 Å². The number of halogens is 2. The van der Waals surface area contributed by atoms with Gasteiger partial charge in [0.25, 0.3) is 5.91 Å². The number of fused-ring (bicyclic) bond motifs is 1. The quantitative estimate of drug-likeness (QED) is 0.538. The van der Waals surface area contributed by atoms with E-state index in [0.717, 1.165) is 4.90 Å². The summed E-state index contributed by atoms with van der Waals surface area (Å²) in [6.07, 6.45) is 1.46. The number of nitrogens with one attached hydrogen (secondary N) is 2. The van der Waals surface area contributed by atoms with E-state index in [1.807, 2.05) is 0 Å². The summed E-state index contributed by atoms with van der Waals surface area (Å²) in [5.74, 6) is -0.927. The Balaban J connectivity index is 1.50. The van der Waals surface area contributed by atoms with Crippen LogP contribution in [-0.4, -0.2) is 36.1 Å². The largest absolute Gasteiger partial charge is 0.454 e. The van der Waals surface area contributed by atoms with Crippen LogP contribution in [0.5, 0.6) is 11.5 Å². The van der Waals surface area contributed by atoms with Gasteiger partial charge in [-0.1, -0.05) is 28.1 Å². The van der Waals surface area contributed by atoms with Crippen molar-refractivity contribution in [3.05, 3.63) is 57.9 Å². The van der Waals surface area contributed by atoms with Gasteiger partial charge in [-0.3, -0.25) is 9.59 Å². The van der Waals surface area contributed by atoms with Crippen molar-refractivity contribution in [3.8, 4) is 11.5 Å². The predicted octanol–water partition coefficient (Wildman–Crippen LogP) is 2.85. The summed E-state index contributed by atoms with van der Waals surface area (Å²) in [5, 5.41) is 4.76. The Kier molecular flexibility index (Phi) is 4.93. The molecule has 2 aliphatic heterocycles. The van der Waals surface area contributed by atoms with Crippen molar-refractivity contribution in [2.24, 2.45) is 0 Å². The van der Waals surface area contributed by atoms with Gasteiger partial charge in [-0.05, 0) is 35.9 Å². The first kappa shape index (κ1) is 18.9. The molecule has 0 aromatic heterocycles. The molecule has 0 aliphatic carbocycles. The molecule has 2 aromatic rings. The van der Waals surface area contributed by atoms with Crippen molar-refractivity contribution in [1.82, 2.24) is 10.2 Å². The van der Waals surface area contributed by atoms with Gasteiger partial charge < -0.3 is 20.1 Å². The molecule has 2 heterocycles. The zero-order valence-electron chi connectivity index (χ0n) is 14.7. The number of amides is 4. The molecule has 2 aliphatic rings. The second-order valence-corrected chi connectivity index (χ2v) is 6.99. The van der Waals surface area contributed by atoms with Crippen LogP contribution in [0.4, 0.5) is 14.9 Å². The Labute approximate surface area is 172 Å². The molecule has 148 valence electrons. The fourth-order valence-electron chi connectivity index (χ4n) is 2.81. The molecule has 2 aromatic carbocycles. The molecule has 0 radical (unpaired) electrons. The van der Waals surface area contributed by atoms with E-state index in [2.05, 4.69) is 26.6 Å². The van der Waals surface area contributed by atoms with Crippen LogP contribution in [0.25, 0.3) is 6.08 Å². The van der Waals surface area contributed by atoms with Gasteiger partial charge in [0.1, 0.15) is 18.1 Å². The molecule has 0 bridgehead atoms. The summed E-state index contributed by atoms with van der Waals surface area (Å²) in [6.45, 7) is -0.457. The molecule has 0 spiro atoms. The normalized spacial score (nSPS) is 16.3. The minimum absolute atomic E-state index is 0.00624. The second kappa shape index (κ2) is 7.55. The van der Waals surface area contributed by atoms with Crippen LogP contribution >= 0.6 is 15.9 Å². The van der Waals surface area contributed by atoms with Gasteiger partial charge in [0.15, 0.2) is 11.5 Å². The van der Waals surface area contributed by atoms with E-state index in [-0.39, 0.29) is 18.2 Å². The number of hydrogen-bond acceptors (Lipinski definition) is 5. The maximum absolute atomic E-state index is 13.6. The Morgan fingerprint density at radius 2 is 1.97 bits per heavy atom. The van der Waals surface area contributed by atoms with Crippen molar-refractivity contribution in [1.29, 1.82) is 0 Å². The molecule has 4 rings (SSSR count). The van der Waals surface area contributed by atoms with Crippen molar-refractivity contribution in [2.75, 3.05) is 18.7 Å². The third-order valence-electron chi connectivity index (χ3n) is 4.20. The van der Waals surface area contributed by atoms with Gasteiger partial charge in [0, 0.05) is 4.47 Å². The first-order valence-electron chi connectivity index (χ1n) is 8.40. The van der Waals surface area contributed by atoms with Crippen molar-refractivity contribution < 1.29 is 28.2 Å². The maximum atomic E-state index is 13.6. The topological polar surface area (TPSA) is 97.0 Å². The number of nitrogens with zero attached hydrogens (tertiary/aromatic N) is 1. The number of rotatable bonds is 4. The molecule has 4 amide bonds. The van der Waals surface area contributed by atoms with Crippen molar-refractivity contribution in [3.63, 3.8) is 0 Å². The molecule has 8 nitrogen and oxygen atoms in total. The number of hydrogen-bond donors (Lipinski definition) is 2. The zero-order valence-corrected chi connectivity index (χ0v) is 16.3. The van der Waals surface area contributed by atoms with Gasteiger partial charge in [-0.25, -0.2) is 14.1 Å². The number of carbonyl (C=O) groups is 3. The summed E-state index contributed by atoms with van der Waals surface area (Å²) < 4.78 is 24.9. The lowest BCUT2D eigenvalue weighted by Gasteiger charge is -2.12. The lowest BCUT2D eigenvalue weighted by molar-refractivity contribution is -0.127. The first-order valence-corrected chi connectivity index (χ1v) is 9.20. The zero-order chi connectivity index (χ0) is 20.5. The van der Waals surface area contributed by atoms with E-state index in [9.17, 15) is 18.8 Å². The summed E-state index contributed by atoms with van der Waals surface area (Å²) in [6, 6.07) is 8.20. The smallest absolute Gasteiger partial charge is 0.329 e. The van der Waals surface area contributed by atoms with E-state index in [1.54, 1.807) is 18.2 Å². The van der Waals surface area contributed by atoms with Crippen molar-refractivity contribution >= 4 is 45.5 Å². The summed E-state index contributed by atoms with van der Waals surface area (Å²) >= 11 is 3.37. The SMILES string of the molecule is O=C(CN1C(=O)N/C(=C\c2cc3c(cc2Br)OCO3)C1=O)Nc1ccccc1F. The van der Waals surface area contributed by atoms with Crippen LogP contribution in [0.2, 0.25) is 0 Å². The lowest BCUT2D eigenvalue weighted by atomic mass is 10.1. The molecular formula is C19H13BrFN3O5. The van der Waals surface area contributed by atoms with Crippen molar-refractivity contribution in [2.45, 2.75) is 0 Å². The monoisotopic (exact) mass is 461 g/mol. The number of carbonyl (C=O) groups excluding carboxylic acids is 3. The van der Waals surface area contributed by atoms with Gasteiger partial charge in [-0.2, -0.15) is 0 Å². The molecule has 10 heteroatoms. The fraction of sp³-hybridized carbons (Fsp3) is 0.105. The lowest BCUT2D eigenvalue weighted by Crippen LogP contribution is -2.38. The average Bonchev–Trinajstić information content (AvgIpc) is 3.23. The highest BCUT2D eigenvalue weighted by atomic mass is 79.9. The molecular weight excluding hydrogens is 449 g/mol. The fourth-order valence-corrected chi connectivity index (χ4v) is 3.25. The molecule has 1 saturated heterocycles. The Hall–Kier alpha value is -3.40. The first-order chi connectivity index (χ1) is 13.9. The third kappa shape index (κ3) is 3.79. The Bertz CT molecular complexity index is 1070. The maximum Gasteiger partial charge on any atom is 0.329 e. The highest BCUT2D eigenvalue weighted by Crippen LogP contribution is 2.37. The highest BCUT2D eigenvalue weighted by Gasteiger charge is 2.35. The van der Waals surface area contributed by atoms with Gasteiger partial charge in [0.2, 0.25) is 12.7 Å². The van der Waals surface area contributed by atoms with Crippen LogP contribution in [0.3, 0.4) is 0 Å². The van der Waals surface area contributed by atoms with Gasteiger partial charge in [-0.15, -0.1) is 0 Å². The van der Waals surface area contributed by atoms with Crippen LogP contribution in [0.1, 0.15) is 5.56 Å². The minimum atomic E-state index is -0.748. The van der Waals surface area contributed by atoms with E-state index in [4.69, 9.17) is 9.47 Å². The average molecular weight is 462 g/mol. The van der Waals surface area contributed by atoms with E-state index < -0.39 is 30.2 Å². The standard InChI is InChI=1S/C19H13BrFN3O5/c20-11-7-16-15(28-9-29-16)6-10(11)5-14-18(26)24(19(27)23-14)8-17(25)22-13-4-2-1-3-12(13)21/h1-7H,8-9H2,(H,22,25)(H,23,27)/b14-5-. The minimum Gasteiger partial charge on any atom is -0.454 e. The van der Waals surface area contributed by atoms with Gasteiger partial charge >= 0.3 is 6.03 Å². The van der Waals surface area contributed by atoms with Gasteiger partial charge in [0.05, 0.1) is 5.69 Å². The second-order valence-electron chi connectivity index (χ2n) is 6.13. The molecule has 0 saturated carbocycles. The van der Waals surface area contributed by atoms with Crippen LogP contribution in [-0.2, 0) is 9.59 Å². The number of ether oxygens (including phenoxy) is 2. The summed E-state index contributed by atoms with van der Waals surface area (Å²) in [4.78, 5) is 37.6. The number of imide groups is 1. The predicted molar refractivity (Wildman–Crippen MR) is 104 cm³/mol. The summed E-state index contributed by atoms with van der Waals surface area (Å²) in [7, 11) is 0. The molecule has 0 unspecified atom stereocenters. The molecule has 29 heavy (non-hydrogen) atoms. The number of anilines is 1. The Morgan fingerprint density at radius 3 is 2.72 bits per heavy atom. The molecule has 2 N–H and O–H groups in total. The number of para-hydroxylation sites is 1.